The fourth-order valence-electron chi connectivity index (χ4n) is 2.33. The summed E-state index contributed by atoms with van der Waals surface area (Å²) >= 11 is 0. The lowest BCUT2D eigenvalue weighted by Gasteiger charge is -2.34. The van der Waals surface area contributed by atoms with Crippen LogP contribution in [0.25, 0.3) is 0 Å². The van der Waals surface area contributed by atoms with E-state index in [2.05, 4.69) is 10.4 Å². The van der Waals surface area contributed by atoms with E-state index in [0.29, 0.717) is 18.8 Å². The molecule has 1 fully saturated rings. The minimum absolute atomic E-state index is 0.142. The summed E-state index contributed by atoms with van der Waals surface area (Å²) in [5.41, 5.74) is 7.53. The molecule has 9 nitrogen and oxygen atoms in total. The number of aromatic nitrogens is 1. The van der Waals surface area contributed by atoms with E-state index in [0.717, 1.165) is 12.8 Å². The number of rotatable bonds is 4. The highest BCUT2D eigenvalue weighted by Gasteiger charge is 2.29. The molecule has 0 radical (unpaired) electrons. The molecule has 1 amide bonds. The van der Waals surface area contributed by atoms with Gasteiger partial charge in [-0.1, -0.05) is 0 Å². The van der Waals surface area contributed by atoms with E-state index in [1.54, 1.807) is 4.90 Å². The predicted octanol–water partition coefficient (Wildman–Crippen LogP) is 0.120. The zero-order chi connectivity index (χ0) is 14.7. The van der Waals surface area contributed by atoms with Crippen molar-refractivity contribution in [3.8, 4) is 0 Å². The number of hydrogen-bond acceptors (Lipinski definition) is 7. The normalized spacial score (nSPS) is 18.6. The maximum atomic E-state index is 11.5. The van der Waals surface area contributed by atoms with Crippen LogP contribution in [0.4, 0.5) is 17.3 Å². The molecule has 20 heavy (non-hydrogen) atoms. The standard InChI is InChI=1S/C11H16N6O3/c12-11(18)8-3-1-2-4-16(8)10-6-7(17(19)20)5-9(14-10)15-13/h5-6,8H,1-4,13H2,(H2,12,18)(H,14,15). The third kappa shape index (κ3) is 2.77. The Labute approximate surface area is 115 Å². The van der Waals surface area contributed by atoms with Crippen molar-refractivity contribution in [2.24, 2.45) is 11.6 Å². The molecule has 0 aliphatic carbocycles. The zero-order valence-electron chi connectivity index (χ0n) is 10.8. The van der Waals surface area contributed by atoms with Crippen molar-refractivity contribution in [2.45, 2.75) is 25.3 Å². The Morgan fingerprint density at radius 2 is 2.25 bits per heavy atom. The summed E-state index contributed by atoms with van der Waals surface area (Å²) in [6.45, 7) is 0.575. The molecule has 5 N–H and O–H groups in total. The van der Waals surface area contributed by atoms with Gasteiger partial charge in [0.25, 0.3) is 5.69 Å². The maximum Gasteiger partial charge on any atom is 0.276 e. The van der Waals surface area contributed by atoms with Gasteiger partial charge in [-0.15, -0.1) is 0 Å². The Morgan fingerprint density at radius 3 is 2.85 bits per heavy atom. The van der Waals surface area contributed by atoms with Gasteiger partial charge >= 0.3 is 0 Å². The van der Waals surface area contributed by atoms with Crippen molar-refractivity contribution in [2.75, 3.05) is 16.9 Å². The van der Waals surface area contributed by atoms with Crippen LogP contribution in [0.1, 0.15) is 19.3 Å². The molecule has 1 aromatic rings. The zero-order valence-corrected chi connectivity index (χ0v) is 10.8. The lowest BCUT2D eigenvalue weighted by Crippen LogP contribution is -2.48. The summed E-state index contributed by atoms with van der Waals surface area (Å²) < 4.78 is 0. The third-order valence-corrected chi connectivity index (χ3v) is 3.28. The van der Waals surface area contributed by atoms with Crippen molar-refractivity contribution in [1.29, 1.82) is 0 Å². The van der Waals surface area contributed by atoms with Gasteiger partial charge in [-0.25, -0.2) is 10.8 Å². The molecule has 0 spiro atoms. The highest BCUT2D eigenvalue weighted by atomic mass is 16.6. The van der Waals surface area contributed by atoms with Crippen molar-refractivity contribution in [3.05, 3.63) is 22.2 Å². The van der Waals surface area contributed by atoms with Crippen LogP contribution in [0.5, 0.6) is 0 Å². The number of nitrogens with two attached hydrogens (primary N) is 2. The number of piperidine rings is 1. The predicted molar refractivity (Wildman–Crippen MR) is 72.9 cm³/mol. The number of hydrazine groups is 1. The average Bonchev–Trinajstić information content (AvgIpc) is 2.46. The number of hydrogen-bond donors (Lipinski definition) is 3. The highest BCUT2D eigenvalue weighted by Crippen LogP contribution is 2.28. The van der Waals surface area contributed by atoms with Gasteiger partial charge in [0.1, 0.15) is 17.7 Å². The van der Waals surface area contributed by atoms with Gasteiger partial charge in [0, 0.05) is 6.54 Å². The van der Waals surface area contributed by atoms with Crippen LogP contribution >= 0.6 is 0 Å². The van der Waals surface area contributed by atoms with Crippen LogP contribution < -0.4 is 21.9 Å². The first-order valence-corrected chi connectivity index (χ1v) is 6.22. The van der Waals surface area contributed by atoms with Gasteiger partial charge in [0.05, 0.1) is 17.1 Å². The Balaban J connectivity index is 2.41. The van der Waals surface area contributed by atoms with Gasteiger partial charge in [-0.3, -0.25) is 14.9 Å². The van der Waals surface area contributed by atoms with Crippen molar-refractivity contribution in [1.82, 2.24) is 4.98 Å². The van der Waals surface area contributed by atoms with Crippen molar-refractivity contribution < 1.29 is 9.72 Å². The van der Waals surface area contributed by atoms with E-state index in [-0.39, 0.29) is 11.5 Å². The average molecular weight is 280 g/mol. The number of nitro groups is 1. The fraction of sp³-hybridized carbons (Fsp3) is 0.455. The maximum absolute atomic E-state index is 11.5. The van der Waals surface area contributed by atoms with Crippen LogP contribution in [0.3, 0.4) is 0 Å². The lowest BCUT2D eigenvalue weighted by molar-refractivity contribution is -0.384. The Morgan fingerprint density at radius 1 is 1.50 bits per heavy atom. The van der Waals surface area contributed by atoms with E-state index in [4.69, 9.17) is 11.6 Å². The Bertz CT molecular complexity index is 535. The number of nitrogens with zero attached hydrogens (tertiary/aromatic N) is 3. The molecule has 1 unspecified atom stereocenters. The molecular formula is C11H16N6O3. The highest BCUT2D eigenvalue weighted by molar-refractivity contribution is 5.83. The van der Waals surface area contributed by atoms with Crippen molar-refractivity contribution >= 4 is 23.2 Å². The second-order valence-electron chi connectivity index (χ2n) is 4.58. The lowest BCUT2D eigenvalue weighted by atomic mass is 10.0. The van der Waals surface area contributed by atoms with Crippen molar-refractivity contribution in [3.63, 3.8) is 0 Å². The summed E-state index contributed by atoms with van der Waals surface area (Å²) in [5.74, 6) is 5.31. The summed E-state index contributed by atoms with van der Waals surface area (Å²) in [6.07, 6.45) is 2.38. The van der Waals surface area contributed by atoms with E-state index in [1.807, 2.05) is 0 Å². The molecule has 1 aromatic heterocycles. The largest absolute Gasteiger partial charge is 0.368 e. The SMILES string of the molecule is NNc1cc([N+](=O)[O-])cc(N2CCCCC2C(N)=O)n1. The first-order valence-electron chi connectivity index (χ1n) is 6.22. The molecule has 0 saturated carbocycles. The van der Waals surface area contributed by atoms with Crippen LogP contribution in [-0.4, -0.2) is 28.4 Å². The second kappa shape index (κ2) is 5.70. The molecule has 2 rings (SSSR count). The first kappa shape index (κ1) is 14.0. The fourth-order valence-corrected chi connectivity index (χ4v) is 2.33. The van der Waals surface area contributed by atoms with E-state index >= 15 is 0 Å². The van der Waals surface area contributed by atoms with Crippen LogP contribution in [0.15, 0.2) is 12.1 Å². The number of nitrogen functional groups attached to an aromatic ring is 1. The van der Waals surface area contributed by atoms with E-state index < -0.39 is 16.9 Å². The summed E-state index contributed by atoms with van der Waals surface area (Å²) in [7, 11) is 0. The summed E-state index contributed by atoms with van der Waals surface area (Å²) in [4.78, 5) is 27.7. The third-order valence-electron chi connectivity index (χ3n) is 3.28. The van der Waals surface area contributed by atoms with Gasteiger partial charge in [0.2, 0.25) is 5.91 Å². The van der Waals surface area contributed by atoms with Gasteiger partial charge < -0.3 is 16.1 Å². The van der Waals surface area contributed by atoms with Gasteiger partial charge in [-0.2, -0.15) is 0 Å². The number of carbonyl (C=O) groups excluding carboxylic acids is 1. The summed E-state index contributed by atoms with van der Waals surface area (Å²) in [5, 5.41) is 10.9. The van der Waals surface area contributed by atoms with E-state index in [1.165, 1.54) is 12.1 Å². The monoisotopic (exact) mass is 280 g/mol. The molecule has 1 saturated heterocycles. The first-order chi connectivity index (χ1) is 9.52. The molecule has 1 aliphatic heterocycles. The van der Waals surface area contributed by atoms with Gasteiger partial charge in [-0.05, 0) is 19.3 Å². The van der Waals surface area contributed by atoms with Gasteiger partial charge in [0.15, 0.2) is 0 Å². The minimum atomic E-state index is -0.532. The molecule has 2 heterocycles. The number of carbonyl (C=O) groups is 1. The molecule has 108 valence electrons. The van der Waals surface area contributed by atoms with Crippen LogP contribution in [-0.2, 0) is 4.79 Å². The second-order valence-corrected chi connectivity index (χ2v) is 4.58. The molecule has 1 aliphatic rings. The number of anilines is 2. The topological polar surface area (TPSA) is 140 Å². The quantitative estimate of drug-likeness (QED) is 0.404. The molecular weight excluding hydrogens is 264 g/mol. The molecule has 0 bridgehead atoms. The Hall–Kier alpha value is -2.42. The number of amides is 1. The van der Waals surface area contributed by atoms with Crippen LogP contribution in [0, 0.1) is 10.1 Å². The summed E-state index contributed by atoms with van der Waals surface area (Å²) in [6, 6.07) is 2.05. The van der Waals surface area contributed by atoms with Crippen LogP contribution in [0.2, 0.25) is 0 Å². The minimum Gasteiger partial charge on any atom is -0.368 e. The van der Waals surface area contributed by atoms with E-state index in [9.17, 15) is 14.9 Å². The number of pyridine rings is 1. The number of primary amides is 1. The molecule has 1 atom stereocenters. The smallest absolute Gasteiger partial charge is 0.276 e. The Kier molecular flexibility index (Phi) is 3.99. The number of nitrogens with one attached hydrogen (secondary N) is 1. The molecule has 0 aromatic carbocycles. The molecule has 9 heteroatoms.